The van der Waals surface area contributed by atoms with Crippen LogP contribution in [-0.4, -0.2) is 92.4 Å². The summed E-state index contributed by atoms with van der Waals surface area (Å²) in [5, 5.41) is 36.8. The zero-order chi connectivity index (χ0) is 21.6. The van der Waals surface area contributed by atoms with Gasteiger partial charge in [0, 0.05) is 12.1 Å². The maximum atomic E-state index is 11.3. The van der Waals surface area contributed by atoms with E-state index in [1.807, 2.05) is 20.8 Å². The molecule has 0 aliphatic heterocycles. The summed E-state index contributed by atoms with van der Waals surface area (Å²) in [4.78, 5) is 47.7. The van der Waals surface area contributed by atoms with E-state index >= 15 is 0 Å². The summed E-state index contributed by atoms with van der Waals surface area (Å²) in [5.74, 6) is -4.61. The van der Waals surface area contributed by atoms with Crippen LogP contribution in [0, 0.1) is 11.3 Å². The van der Waals surface area contributed by atoms with E-state index in [1.165, 1.54) is 9.80 Å². The molecular weight excluding hydrogens is 372 g/mol. The molecule has 28 heavy (non-hydrogen) atoms. The average Bonchev–Trinajstić information content (AvgIpc) is 2.50. The molecule has 0 aromatic carbocycles. The van der Waals surface area contributed by atoms with Crippen LogP contribution in [0.3, 0.4) is 0 Å². The van der Waals surface area contributed by atoms with Gasteiger partial charge in [-0.05, 0) is 30.6 Å². The highest BCUT2D eigenvalue weighted by atomic mass is 16.4. The highest BCUT2D eigenvalue weighted by molar-refractivity contribution is 5.73. The summed E-state index contributed by atoms with van der Waals surface area (Å²) in [7, 11) is 0. The van der Waals surface area contributed by atoms with E-state index in [0.29, 0.717) is 19.3 Å². The van der Waals surface area contributed by atoms with Gasteiger partial charge in [0.2, 0.25) is 0 Å². The number of hydrogen-bond donors (Lipinski definition) is 4. The second-order valence-corrected chi connectivity index (χ2v) is 8.40. The van der Waals surface area contributed by atoms with Crippen LogP contribution in [0.4, 0.5) is 0 Å². The third-order valence-corrected chi connectivity index (χ3v) is 5.30. The lowest BCUT2D eigenvalue weighted by Gasteiger charge is -2.48. The molecule has 1 rings (SSSR count). The maximum absolute atomic E-state index is 11.3. The van der Waals surface area contributed by atoms with Crippen LogP contribution in [0.25, 0.3) is 0 Å². The van der Waals surface area contributed by atoms with E-state index in [9.17, 15) is 39.6 Å². The standard InChI is InChI=1S/C18H30N2O8/c1-18(2,3)11-4-5-12(19(7-14(21)22)8-15(23)24)13(6-11)20(9-16(25)26)10-17(27)28/h11-13H,4-10H2,1-3H3,(H,21,22)(H,23,24)(H,25,26)(H,27,28). The van der Waals surface area contributed by atoms with E-state index in [-0.39, 0.29) is 11.3 Å². The van der Waals surface area contributed by atoms with Gasteiger partial charge in [-0.15, -0.1) is 0 Å². The summed E-state index contributed by atoms with van der Waals surface area (Å²) in [6.45, 7) is 4.07. The molecule has 0 aromatic rings. The predicted molar refractivity (Wildman–Crippen MR) is 98.1 cm³/mol. The first-order chi connectivity index (χ1) is 12.8. The molecule has 0 heterocycles. The zero-order valence-electron chi connectivity index (χ0n) is 16.5. The molecule has 0 saturated heterocycles. The number of carboxylic acid groups (broad SMARTS) is 4. The topological polar surface area (TPSA) is 156 Å². The Hall–Kier alpha value is -2.20. The van der Waals surface area contributed by atoms with Crippen molar-refractivity contribution in [1.82, 2.24) is 9.80 Å². The molecule has 1 saturated carbocycles. The minimum absolute atomic E-state index is 0.105. The lowest BCUT2D eigenvalue weighted by atomic mass is 9.69. The molecule has 10 nitrogen and oxygen atoms in total. The van der Waals surface area contributed by atoms with Crippen LogP contribution in [-0.2, 0) is 19.2 Å². The van der Waals surface area contributed by atoms with Crippen molar-refractivity contribution >= 4 is 23.9 Å². The number of aliphatic carboxylic acids is 4. The maximum Gasteiger partial charge on any atom is 0.317 e. The quantitative estimate of drug-likeness (QED) is 0.406. The van der Waals surface area contributed by atoms with E-state index in [1.54, 1.807) is 0 Å². The fraction of sp³-hybridized carbons (Fsp3) is 0.778. The first-order valence-electron chi connectivity index (χ1n) is 9.16. The Bertz CT molecular complexity index is 569. The fourth-order valence-electron chi connectivity index (χ4n) is 4.01. The fourth-order valence-corrected chi connectivity index (χ4v) is 4.01. The Kier molecular flexibility index (Phi) is 8.37. The largest absolute Gasteiger partial charge is 0.480 e. The van der Waals surface area contributed by atoms with Crippen molar-refractivity contribution in [3.05, 3.63) is 0 Å². The highest BCUT2D eigenvalue weighted by Crippen LogP contribution is 2.40. The second kappa shape index (κ2) is 9.83. The van der Waals surface area contributed by atoms with E-state index in [4.69, 9.17) is 0 Å². The third kappa shape index (κ3) is 7.43. The molecule has 1 fully saturated rings. The molecule has 0 bridgehead atoms. The summed E-state index contributed by atoms with van der Waals surface area (Å²) < 4.78 is 0. The summed E-state index contributed by atoms with van der Waals surface area (Å²) in [5.41, 5.74) is -0.105. The van der Waals surface area contributed by atoms with Gasteiger partial charge >= 0.3 is 23.9 Å². The van der Waals surface area contributed by atoms with Crippen LogP contribution in [0.2, 0.25) is 0 Å². The molecule has 0 radical (unpaired) electrons. The summed E-state index contributed by atoms with van der Waals surface area (Å²) in [6.07, 6.45) is 1.64. The second-order valence-electron chi connectivity index (χ2n) is 8.40. The molecule has 160 valence electrons. The number of nitrogens with zero attached hydrogens (tertiary/aromatic N) is 2. The molecule has 0 spiro atoms. The normalized spacial score (nSPS) is 23.0. The van der Waals surface area contributed by atoms with Crippen LogP contribution in [0.5, 0.6) is 0 Å². The molecule has 0 aromatic heterocycles. The SMILES string of the molecule is CC(C)(C)C1CCC(N(CC(=O)O)CC(=O)O)C(N(CC(=O)O)CC(=O)O)C1. The number of carboxylic acids is 4. The monoisotopic (exact) mass is 402 g/mol. The Morgan fingerprint density at radius 3 is 1.39 bits per heavy atom. The molecule has 10 heteroatoms. The predicted octanol–water partition coefficient (Wildman–Crippen LogP) is 0.512. The highest BCUT2D eigenvalue weighted by Gasteiger charge is 2.42. The Morgan fingerprint density at radius 2 is 1.07 bits per heavy atom. The number of carbonyl (C=O) groups is 4. The minimum atomic E-state index is -1.19. The Labute approximate surface area is 163 Å². The third-order valence-electron chi connectivity index (χ3n) is 5.30. The molecule has 3 atom stereocenters. The van der Waals surface area contributed by atoms with Crippen molar-refractivity contribution < 1.29 is 39.6 Å². The molecule has 1 aliphatic rings. The van der Waals surface area contributed by atoms with Gasteiger partial charge in [-0.1, -0.05) is 20.8 Å². The lowest BCUT2D eigenvalue weighted by Crippen LogP contribution is -2.59. The average molecular weight is 402 g/mol. The van der Waals surface area contributed by atoms with Gasteiger partial charge in [0.05, 0.1) is 26.2 Å². The van der Waals surface area contributed by atoms with Gasteiger partial charge < -0.3 is 20.4 Å². The van der Waals surface area contributed by atoms with Crippen LogP contribution >= 0.6 is 0 Å². The number of rotatable bonds is 10. The van der Waals surface area contributed by atoms with E-state index in [0.717, 1.165) is 0 Å². The number of hydrogen-bond acceptors (Lipinski definition) is 6. The molecular formula is C18H30N2O8. The zero-order valence-corrected chi connectivity index (χ0v) is 16.5. The molecule has 1 aliphatic carbocycles. The summed E-state index contributed by atoms with van der Waals surface area (Å²) in [6, 6.07) is -1.15. The van der Waals surface area contributed by atoms with Crippen LogP contribution in [0.1, 0.15) is 40.0 Å². The van der Waals surface area contributed by atoms with Crippen molar-refractivity contribution in [1.29, 1.82) is 0 Å². The Balaban J connectivity index is 3.27. The Morgan fingerprint density at radius 1 is 0.714 bits per heavy atom. The van der Waals surface area contributed by atoms with Crippen molar-refractivity contribution in [2.75, 3.05) is 26.2 Å². The van der Waals surface area contributed by atoms with Gasteiger partial charge in [-0.2, -0.15) is 0 Å². The minimum Gasteiger partial charge on any atom is -0.480 e. The molecule has 3 unspecified atom stereocenters. The van der Waals surface area contributed by atoms with Gasteiger partial charge in [0.1, 0.15) is 0 Å². The van der Waals surface area contributed by atoms with Crippen molar-refractivity contribution in [2.45, 2.75) is 52.1 Å². The van der Waals surface area contributed by atoms with Crippen LogP contribution in [0.15, 0.2) is 0 Å². The van der Waals surface area contributed by atoms with Crippen molar-refractivity contribution in [3.63, 3.8) is 0 Å². The van der Waals surface area contributed by atoms with E-state index < -0.39 is 62.1 Å². The van der Waals surface area contributed by atoms with Crippen LogP contribution < -0.4 is 0 Å². The molecule has 4 N–H and O–H groups in total. The van der Waals surface area contributed by atoms with Gasteiger partial charge in [-0.3, -0.25) is 29.0 Å². The first-order valence-corrected chi connectivity index (χ1v) is 9.16. The summed E-state index contributed by atoms with van der Waals surface area (Å²) >= 11 is 0. The smallest absolute Gasteiger partial charge is 0.317 e. The van der Waals surface area contributed by atoms with Gasteiger partial charge in [0.25, 0.3) is 0 Å². The van der Waals surface area contributed by atoms with Crippen molar-refractivity contribution in [2.24, 2.45) is 11.3 Å². The first kappa shape index (κ1) is 23.8. The molecule has 0 amide bonds. The van der Waals surface area contributed by atoms with E-state index in [2.05, 4.69) is 0 Å². The van der Waals surface area contributed by atoms with Gasteiger partial charge in [0.15, 0.2) is 0 Å². The van der Waals surface area contributed by atoms with Gasteiger partial charge in [-0.25, -0.2) is 0 Å². The van der Waals surface area contributed by atoms with Crippen molar-refractivity contribution in [3.8, 4) is 0 Å². The lowest BCUT2D eigenvalue weighted by molar-refractivity contribution is -0.150.